The number of hydrogen-bond acceptors (Lipinski definition) is 5. The Morgan fingerprint density at radius 1 is 1.21 bits per heavy atom. The molecule has 0 unspecified atom stereocenters. The molecule has 3 aromatic heterocycles. The SMILES string of the molecule is CCc1nn(CCCC(=O)NCCN(CC)CC)c(=O)c2cc3oc(C)cc3n12. The highest BCUT2D eigenvalue weighted by Gasteiger charge is 2.16. The number of fused-ring (bicyclic) bond motifs is 3. The van der Waals surface area contributed by atoms with E-state index in [4.69, 9.17) is 4.42 Å². The average molecular weight is 402 g/mol. The lowest BCUT2D eigenvalue weighted by atomic mass is 10.3. The molecule has 0 aliphatic rings. The van der Waals surface area contributed by atoms with E-state index in [2.05, 4.69) is 29.2 Å². The van der Waals surface area contributed by atoms with Crippen LogP contribution in [-0.2, 0) is 17.8 Å². The van der Waals surface area contributed by atoms with Crippen LogP contribution in [0.3, 0.4) is 0 Å². The Morgan fingerprint density at radius 2 is 1.97 bits per heavy atom. The van der Waals surface area contributed by atoms with Crippen LogP contribution in [0.1, 0.15) is 45.2 Å². The molecule has 8 heteroatoms. The molecule has 3 rings (SSSR count). The molecular formula is C21H31N5O3. The zero-order valence-electron chi connectivity index (χ0n) is 17.8. The molecule has 0 saturated heterocycles. The van der Waals surface area contributed by atoms with Crippen LogP contribution in [0.4, 0.5) is 0 Å². The Bertz CT molecular complexity index is 1040. The standard InChI is InChI=1S/C21H31N5O3/c1-5-19-23-25(11-8-9-20(27)22-10-12-24(6-2)7-3)21(28)17-14-18-16(26(17)19)13-15(4)29-18/h13-14H,5-12H2,1-4H3,(H,22,27). The highest BCUT2D eigenvalue weighted by Crippen LogP contribution is 2.23. The van der Waals surface area contributed by atoms with Gasteiger partial charge in [0.15, 0.2) is 5.58 Å². The summed E-state index contributed by atoms with van der Waals surface area (Å²) in [6.45, 7) is 12.0. The maximum Gasteiger partial charge on any atom is 0.291 e. The molecule has 8 nitrogen and oxygen atoms in total. The van der Waals surface area contributed by atoms with Gasteiger partial charge in [-0.1, -0.05) is 20.8 Å². The first-order chi connectivity index (χ1) is 14.0. The molecule has 1 amide bonds. The van der Waals surface area contributed by atoms with Crippen LogP contribution >= 0.6 is 0 Å². The molecule has 158 valence electrons. The van der Waals surface area contributed by atoms with Crippen LogP contribution in [0, 0.1) is 6.92 Å². The van der Waals surface area contributed by atoms with Crippen molar-refractivity contribution in [3.05, 3.63) is 34.1 Å². The molecule has 0 aromatic carbocycles. The predicted molar refractivity (Wildman–Crippen MR) is 113 cm³/mol. The van der Waals surface area contributed by atoms with E-state index in [1.165, 1.54) is 4.68 Å². The highest BCUT2D eigenvalue weighted by molar-refractivity contribution is 5.83. The van der Waals surface area contributed by atoms with Crippen molar-refractivity contribution in [1.29, 1.82) is 0 Å². The second-order valence-electron chi connectivity index (χ2n) is 7.25. The van der Waals surface area contributed by atoms with E-state index in [0.717, 1.165) is 36.7 Å². The molecule has 0 spiro atoms. The number of carbonyl (C=O) groups excluding carboxylic acids is 1. The summed E-state index contributed by atoms with van der Waals surface area (Å²) in [5, 5.41) is 7.49. The van der Waals surface area contributed by atoms with E-state index >= 15 is 0 Å². The topological polar surface area (TPSA) is 84.8 Å². The number of aromatic nitrogens is 3. The van der Waals surface area contributed by atoms with E-state index in [1.807, 2.05) is 24.3 Å². The molecule has 1 N–H and O–H groups in total. The summed E-state index contributed by atoms with van der Waals surface area (Å²) in [6, 6.07) is 3.71. The maximum absolute atomic E-state index is 12.9. The Hall–Kier alpha value is -2.61. The first-order valence-corrected chi connectivity index (χ1v) is 10.5. The van der Waals surface area contributed by atoms with Crippen molar-refractivity contribution in [2.75, 3.05) is 26.2 Å². The monoisotopic (exact) mass is 401 g/mol. The number of furan rings is 1. The molecular weight excluding hydrogens is 370 g/mol. The first kappa shape index (κ1) is 21.1. The molecule has 0 aliphatic heterocycles. The Labute approximate surface area is 170 Å². The third kappa shape index (κ3) is 4.53. The Morgan fingerprint density at radius 3 is 2.66 bits per heavy atom. The number of likely N-dealkylation sites (N-methyl/N-ethyl adjacent to an activating group) is 1. The van der Waals surface area contributed by atoms with E-state index in [1.54, 1.807) is 6.07 Å². The van der Waals surface area contributed by atoms with Crippen LogP contribution < -0.4 is 10.9 Å². The third-order valence-electron chi connectivity index (χ3n) is 5.30. The average Bonchev–Trinajstić information content (AvgIpc) is 3.23. The molecule has 0 radical (unpaired) electrons. The molecule has 29 heavy (non-hydrogen) atoms. The van der Waals surface area contributed by atoms with Crippen LogP contribution in [0.2, 0.25) is 0 Å². The number of carbonyl (C=O) groups is 1. The minimum absolute atomic E-state index is 0.0117. The second kappa shape index (κ2) is 9.26. The van der Waals surface area contributed by atoms with Gasteiger partial charge in [-0.2, -0.15) is 5.10 Å². The van der Waals surface area contributed by atoms with Crippen LogP contribution in [0.15, 0.2) is 21.3 Å². The molecule has 0 saturated carbocycles. The summed E-state index contributed by atoms with van der Waals surface area (Å²) >= 11 is 0. The zero-order chi connectivity index (χ0) is 21.0. The van der Waals surface area contributed by atoms with Crippen LogP contribution in [0.25, 0.3) is 16.6 Å². The van der Waals surface area contributed by atoms with Crippen molar-refractivity contribution in [3.63, 3.8) is 0 Å². The van der Waals surface area contributed by atoms with Crippen molar-refractivity contribution in [1.82, 2.24) is 24.4 Å². The summed E-state index contributed by atoms with van der Waals surface area (Å²) < 4.78 is 9.03. The zero-order valence-corrected chi connectivity index (χ0v) is 17.8. The van der Waals surface area contributed by atoms with Gasteiger partial charge in [0, 0.05) is 44.6 Å². The lowest BCUT2D eigenvalue weighted by Crippen LogP contribution is -2.35. The Kier molecular flexibility index (Phi) is 6.74. The number of hydrogen-bond donors (Lipinski definition) is 1. The Balaban J connectivity index is 1.65. The minimum Gasteiger partial charge on any atom is -0.460 e. The van der Waals surface area contributed by atoms with E-state index < -0.39 is 0 Å². The largest absolute Gasteiger partial charge is 0.460 e. The summed E-state index contributed by atoms with van der Waals surface area (Å²) in [5.74, 6) is 1.62. The van der Waals surface area contributed by atoms with Crippen molar-refractivity contribution >= 4 is 22.5 Å². The normalized spacial score (nSPS) is 11.8. The predicted octanol–water partition coefficient (Wildman–Crippen LogP) is 2.35. The van der Waals surface area contributed by atoms with Gasteiger partial charge in [-0.3, -0.25) is 14.0 Å². The molecule has 0 aliphatic carbocycles. The summed E-state index contributed by atoms with van der Waals surface area (Å²) in [7, 11) is 0. The maximum atomic E-state index is 12.9. The fraction of sp³-hybridized carbons (Fsp3) is 0.571. The fourth-order valence-electron chi connectivity index (χ4n) is 3.66. The van der Waals surface area contributed by atoms with E-state index in [0.29, 0.717) is 43.5 Å². The van der Waals surface area contributed by atoms with Gasteiger partial charge in [-0.15, -0.1) is 0 Å². The van der Waals surface area contributed by atoms with Crippen molar-refractivity contribution in [3.8, 4) is 0 Å². The third-order valence-corrected chi connectivity index (χ3v) is 5.30. The summed E-state index contributed by atoms with van der Waals surface area (Å²) in [4.78, 5) is 27.2. The van der Waals surface area contributed by atoms with Crippen molar-refractivity contribution in [2.45, 2.75) is 53.5 Å². The highest BCUT2D eigenvalue weighted by atomic mass is 16.3. The van der Waals surface area contributed by atoms with Gasteiger partial charge in [-0.25, -0.2) is 4.68 Å². The number of nitrogens with one attached hydrogen (secondary N) is 1. The number of rotatable bonds is 10. The van der Waals surface area contributed by atoms with Gasteiger partial charge in [0.2, 0.25) is 5.91 Å². The summed E-state index contributed by atoms with van der Waals surface area (Å²) in [5.41, 5.74) is 1.97. The fourth-order valence-corrected chi connectivity index (χ4v) is 3.66. The number of amides is 1. The van der Waals surface area contributed by atoms with Crippen molar-refractivity contribution in [2.24, 2.45) is 0 Å². The molecule has 3 heterocycles. The second-order valence-corrected chi connectivity index (χ2v) is 7.25. The van der Waals surface area contributed by atoms with Gasteiger partial charge < -0.3 is 14.6 Å². The van der Waals surface area contributed by atoms with Gasteiger partial charge in [0.25, 0.3) is 5.56 Å². The number of nitrogens with zero attached hydrogens (tertiary/aromatic N) is 4. The van der Waals surface area contributed by atoms with Crippen molar-refractivity contribution < 1.29 is 9.21 Å². The van der Waals surface area contributed by atoms with Gasteiger partial charge in [0.05, 0.1) is 5.52 Å². The van der Waals surface area contributed by atoms with E-state index in [9.17, 15) is 9.59 Å². The number of aryl methyl sites for hydroxylation is 3. The van der Waals surface area contributed by atoms with Gasteiger partial charge in [0.1, 0.15) is 17.1 Å². The smallest absolute Gasteiger partial charge is 0.291 e. The minimum atomic E-state index is -0.159. The molecule has 0 atom stereocenters. The summed E-state index contributed by atoms with van der Waals surface area (Å²) in [6.07, 6.45) is 1.64. The lowest BCUT2D eigenvalue weighted by Gasteiger charge is -2.17. The van der Waals surface area contributed by atoms with Crippen LogP contribution in [-0.4, -0.2) is 51.2 Å². The van der Waals surface area contributed by atoms with E-state index in [-0.39, 0.29) is 11.5 Å². The molecule has 3 aromatic rings. The van der Waals surface area contributed by atoms with Crippen LogP contribution in [0.5, 0.6) is 0 Å². The molecule has 0 bridgehead atoms. The molecule has 0 fully saturated rings. The van der Waals surface area contributed by atoms with Gasteiger partial charge in [-0.05, 0) is 26.4 Å². The lowest BCUT2D eigenvalue weighted by molar-refractivity contribution is -0.121. The first-order valence-electron chi connectivity index (χ1n) is 10.5. The van der Waals surface area contributed by atoms with Gasteiger partial charge >= 0.3 is 0 Å². The quantitative estimate of drug-likeness (QED) is 0.564.